The lowest BCUT2D eigenvalue weighted by molar-refractivity contribution is -0.120. The Balaban J connectivity index is 0.00000220. The first kappa shape index (κ1) is 22.0. The van der Waals surface area contributed by atoms with Gasteiger partial charge in [0.1, 0.15) is 0 Å². The third-order valence-electron chi connectivity index (χ3n) is 4.62. The molecule has 22 heavy (non-hydrogen) atoms. The number of halogens is 2. The average Bonchev–Trinajstić information content (AvgIpc) is 3.28. The summed E-state index contributed by atoms with van der Waals surface area (Å²) in [6.45, 7) is 3.40. The molecule has 0 atom stereocenters. The number of hydrogen-bond donors (Lipinski definition) is 2. The highest BCUT2D eigenvalue weighted by Crippen LogP contribution is 2.27. The van der Waals surface area contributed by atoms with E-state index in [0.29, 0.717) is 6.54 Å². The smallest absolute Gasteiger partial charge is 0.233 e. The van der Waals surface area contributed by atoms with E-state index in [1.54, 1.807) is 0 Å². The molecule has 0 aromatic rings. The first-order valence-electron chi connectivity index (χ1n) is 8.43. The lowest BCUT2D eigenvalue weighted by Crippen LogP contribution is -2.38. The summed E-state index contributed by atoms with van der Waals surface area (Å²) in [6, 6.07) is 0.777. The van der Waals surface area contributed by atoms with Crippen LogP contribution < -0.4 is 10.6 Å². The summed E-state index contributed by atoms with van der Waals surface area (Å²) in [5, 5.41) is 6.23. The molecule has 2 fully saturated rings. The summed E-state index contributed by atoms with van der Waals surface area (Å²) < 4.78 is 0. The zero-order valence-corrected chi connectivity index (χ0v) is 15.4. The van der Waals surface area contributed by atoms with Crippen LogP contribution in [0.1, 0.15) is 51.4 Å². The molecule has 0 aromatic carbocycles. The van der Waals surface area contributed by atoms with Crippen molar-refractivity contribution in [3.8, 4) is 0 Å². The van der Waals surface area contributed by atoms with Crippen LogP contribution in [0.5, 0.6) is 0 Å². The summed E-state index contributed by atoms with van der Waals surface area (Å²) in [7, 11) is 2.23. The lowest BCUT2D eigenvalue weighted by Gasteiger charge is -2.31. The number of amides is 1. The van der Waals surface area contributed by atoms with Gasteiger partial charge >= 0.3 is 0 Å². The van der Waals surface area contributed by atoms with Crippen molar-refractivity contribution in [2.24, 2.45) is 5.92 Å². The number of carbonyl (C=O) groups is 1. The van der Waals surface area contributed by atoms with E-state index < -0.39 is 0 Å². The van der Waals surface area contributed by atoms with E-state index in [1.807, 2.05) is 0 Å². The van der Waals surface area contributed by atoms with Gasteiger partial charge in [-0.25, -0.2) is 0 Å². The van der Waals surface area contributed by atoms with Crippen molar-refractivity contribution in [1.82, 2.24) is 15.5 Å². The van der Waals surface area contributed by atoms with Gasteiger partial charge in [0.05, 0.1) is 6.54 Å². The third-order valence-corrected chi connectivity index (χ3v) is 4.62. The predicted octanol–water partition coefficient (Wildman–Crippen LogP) is 2.60. The quantitative estimate of drug-likeness (QED) is 0.626. The Kier molecular flexibility index (Phi) is 12.4. The molecule has 132 valence electrons. The van der Waals surface area contributed by atoms with Gasteiger partial charge in [0.25, 0.3) is 0 Å². The second-order valence-corrected chi connectivity index (χ2v) is 6.55. The fourth-order valence-corrected chi connectivity index (χ4v) is 3.03. The summed E-state index contributed by atoms with van der Waals surface area (Å²) in [4.78, 5) is 14.1. The molecule has 0 unspecified atom stereocenters. The molecule has 0 spiro atoms. The minimum atomic E-state index is 0. The maximum Gasteiger partial charge on any atom is 0.233 e. The zero-order chi connectivity index (χ0) is 14.2. The molecule has 0 aromatic heterocycles. The Labute approximate surface area is 148 Å². The molecule has 0 bridgehead atoms. The van der Waals surface area contributed by atoms with Crippen molar-refractivity contribution >= 4 is 30.7 Å². The summed E-state index contributed by atoms with van der Waals surface area (Å²) in [6.07, 6.45) is 10.6. The van der Waals surface area contributed by atoms with Gasteiger partial charge < -0.3 is 15.5 Å². The Morgan fingerprint density at radius 1 is 1.09 bits per heavy atom. The van der Waals surface area contributed by atoms with Gasteiger partial charge in [0.15, 0.2) is 0 Å². The fraction of sp³-hybridized carbons (Fsp3) is 0.938. The van der Waals surface area contributed by atoms with Gasteiger partial charge in [-0.05, 0) is 58.2 Å². The van der Waals surface area contributed by atoms with Crippen molar-refractivity contribution in [3.63, 3.8) is 0 Å². The highest BCUT2D eigenvalue weighted by Gasteiger charge is 2.20. The Hall–Kier alpha value is -0.0300. The van der Waals surface area contributed by atoms with Crippen LogP contribution in [0.2, 0.25) is 0 Å². The van der Waals surface area contributed by atoms with Crippen molar-refractivity contribution in [2.75, 3.05) is 33.2 Å². The van der Waals surface area contributed by atoms with Gasteiger partial charge in [0.2, 0.25) is 5.91 Å². The van der Waals surface area contributed by atoms with E-state index in [0.717, 1.165) is 38.0 Å². The highest BCUT2D eigenvalue weighted by atomic mass is 35.5. The van der Waals surface area contributed by atoms with Crippen molar-refractivity contribution in [3.05, 3.63) is 0 Å². The molecule has 0 aliphatic heterocycles. The molecule has 1 amide bonds. The topological polar surface area (TPSA) is 44.4 Å². The van der Waals surface area contributed by atoms with E-state index in [4.69, 9.17) is 0 Å². The van der Waals surface area contributed by atoms with E-state index in [-0.39, 0.29) is 30.7 Å². The van der Waals surface area contributed by atoms with Crippen LogP contribution >= 0.6 is 24.8 Å². The lowest BCUT2D eigenvalue weighted by atomic mass is 9.94. The Morgan fingerprint density at radius 3 is 2.41 bits per heavy atom. The first-order valence-corrected chi connectivity index (χ1v) is 8.43. The van der Waals surface area contributed by atoms with E-state index in [2.05, 4.69) is 22.6 Å². The second-order valence-electron chi connectivity index (χ2n) is 6.55. The number of rotatable bonds is 9. The first-order chi connectivity index (χ1) is 9.75. The average molecular weight is 354 g/mol. The molecular weight excluding hydrogens is 321 g/mol. The zero-order valence-electron chi connectivity index (χ0n) is 13.8. The number of carbonyl (C=O) groups excluding carboxylic acids is 1. The van der Waals surface area contributed by atoms with E-state index >= 15 is 0 Å². The van der Waals surface area contributed by atoms with Gasteiger partial charge in [-0.2, -0.15) is 0 Å². The summed E-state index contributed by atoms with van der Waals surface area (Å²) in [5.74, 6) is 0.984. The van der Waals surface area contributed by atoms with Crippen LogP contribution in [-0.2, 0) is 4.79 Å². The summed E-state index contributed by atoms with van der Waals surface area (Å²) >= 11 is 0. The highest BCUT2D eigenvalue weighted by molar-refractivity contribution is 5.85. The van der Waals surface area contributed by atoms with Crippen LogP contribution in [0.4, 0.5) is 0 Å². The monoisotopic (exact) mass is 353 g/mol. The largest absolute Gasteiger partial charge is 0.355 e. The van der Waals surface area contributed by atoms with Crippen molar-refractivity contribution < 1.29 is 4.79 Å². The summed E-state index contributed by atoms with van der Waals surface area (Å²) in [5.41, 5.74) is 0. The molecule has 2 aliphatic carbocycles. The van der Waals surface area contributed by atoms with Gasteiger partial charge in [-0.3, -0.25) is 4.79 Å². The fourth-order valence-electron chi connectivity index (χ4n) is 3.03. The molecule has 2 N–H and O–H groups in total. The van der Waals surface area contributed by atoms with Crippen LogP contribution in [-0.4, -0.2) is 50.1 Å². The maximum atomic E-state index is 11.6. The normalized spacial score (nSPS) is 18.5. The van der Waals surface area contributed by atoms with Crippen LogP contribution in [0.15, 0.2) is 0 Å². The van der Waals surface area contributed by atoms with Crippen LogP contribution in [0.3, 0.4) is 0 Å². The van der Waals surface area contributed by atoms with E-state index in [9.17, 15) is 4.79 Å². The SMILES string of the molecule is CN(CCCNC(=O)CNCC1CC1)C1CCCCC1.Cl.Cl. The maximum absolute atomic E-state index is 11.6. The molecule has 2 aliphatic rings. The number of hydrogen-bond acceptors (Lipinski definition) is 3. The van der Waals surface area contributed by atoms with Crippen molar-refractivity contribution in [1.29, 1.82) is 0 Å². The molecule has 2 saturated carbocycles. The standard InChI is InChI=1S/C16H31N3O.2ClH/c1-19(15-6-3-2-4-7-15)11-5-10-18-16(20)13-17-12-14-8-9-14;;/h14-15,17H,2-13H2,1H3,(H,18,20);2*1H. The van der Waals surface area contributed by atoms with Gasteiger partial charge in [-0.1, -0.05) is 19.3 Å². The van der Waals surface area contributed by atoms with E-state index in [1.165, 1.54) is 44.9 Å². The Bertz CT molecular complexity index is 295. The van der Waals surface area contributed by atoms with Gasteiger partial charge in [-0.15, -0.1) is 24.8 Å². The molecule has 0 radical (unpaired) electrons. The van der Waals surface area contributed by atoms with Crippen LogP contribution in [0, 0.1) is 5.92 Å². The number of nitrogens with one attached hydrogen (secondary N) is 2. The minimum Gasteiger partial charge on any atom is -0.355 e. The molecule has 2 rings (SSSR count). The third kappa shape index (κ3) is 9.19. The molecule has 0 heterocycles. The minimum absolute atomic E-state index is 0. The molecule has 4 nitrogen and oxygen atoms in total. The number of nitrogens with zero attached hydrogens (tertiary/aromatic N) is 1. The van der Waals surface area contributed by atoms with Gasteiger partial charge in [0, 0.05) is 12.6 Å². The van der Waals surface area contributed by atoms with Crippen LogP contribution in [0.25, 0.3) is 0 Å². The predicted molar refractivity (Wildman–Crippen MR) is 97.2 cm³/mol. The molecular formula is C16H33Cl2N3O. The molecule has 0 saturated heterocycles. The second kappa shape index (κ2) is 12.4. The Morgan fingerprint density at radius 2 is 1.77 bits per heavy atom. The van der Waals surface area contributed by atoms with Crippen molar-refractivity contribution in [2.45, 2.75) is 57.4 Å². The molecule has 6 heteroatoms.